The van der Waals surface area contributed by atoms with Crippen LogP contribution >= 0.6 is 11.6 Å². The smallest absolute Gasteiger partial charge is 0.337 e. The Hall–Kier alpha value is -3.04. The molecule has 0 radical (unpaired) electrons. The molecule has 0 bridgehead atoms. The Balaban J connectivity index is 1.91. The zero-order chi connectivity index (χ0) is 21.3. The first-order valence-electron chi connectivity index (χ1n) is 8.41. The summed E-state index contributed by atoms with van der Waals surface area (Å²) in [6, 6.07) is 11.7. The van der Waals surface area contributed by atoms with Gasteiger partial charge in [-0.05, 0) is 49.4 Å². The highest BCUT2D eigenvalue weighted by Crippen LogP contribution is 2.20. The molecule has 1 aromatic heterocycles. The minimum atomic E-state index is -3.91. The Labute approximate surface area is 172 Å². The highest BCUT2D eigenvalue weighted by molar-refractivity contribution is 7.92. The average Bonchev–Trinajstić information content (AvgIpc) is 2.90. The third-order valence-electron chi connectivity index (χ3n) is 4.41. The minimum absolute atomic E-state index is 0.00482. The van der Waals surface area contributed by atoms with E-state index in [2.05, 4.69) is 9.46 Å². The summed E-state index contributed by atoms with van der Waals surface area (Å²) in [5.41, 5.74) is 1.12. The zero-order valence-corrected chi connectivity index (χ0v) is 17.4. The summed E-state index contributed by atoms with van der Waals surface area (Å²) in [6.45, 7) is 1.71. The molecule has 8 nitrogen and oxygen atoms in total. The Morgan fingerprint density at radius 1 is 1.14 bits per heavy atom. The fourth-order valence-electron chi connectivity index (χ4n) is 2.77. The quantitative estimate of drug-likeness (QED) is 0.621. The molecule has 152 valence electrons. The van der Waals surface area contributed by atoms with Crippen molar-refractivity contribution in [2.45, 2.75) is 11.8 Å². The van der Waals surface area contributed by atoms with E-state index in [1.807, 2.05) is 0 Å². The van der Waals surface area contributed by atoms with Crippen molar-refractivity contribution < 1.29 is 17.9 Å². The lowest BCUT2D eigenvalue weighted by atomic mass is 10.2. The van der Waals surface area contributed by atoms with Crippen molar-refractivity contribution in [3.63, 3.8) is 0 Å². The van der Waals surface area contributed by atoms with Crippen molar-refractivity contribution in [2.24, 2.45) is 7.05 Å². The molecule has 0 aliphatic heterocycles. The van der Waals surface area contributed by atoms with Crippen LogP contribution in [0.4, 0.5) is 5.69 Å². The molecule has 0 spiro atoms. The van der Waals surface area contributed by atoms with E-state index in [1.54, 1.807) is 24.7 Å². The summed E-state index contributed by atoms with van der Waals surface area (Å²) in [5, 5.41) is 0.108. The number of hydrogen-bond acceptors (Lipinski definition) is 5. The summed E-state index contributed by atoms with van der Waals surface area (Å²) in [6.07, 6.45) is 0. The molecule has 1 heterocycles. The molecule has 3 aromatic rings. The first-order valence-corrected chi connectivity index (χ1v) is 10.3. The van der Waals surface area contributed by atoms with Crippen LogP contribution in [-0.2, 0) is 21.8 Å². The van der Waals surface area contributed by atoms with Gasteiger partial charge in [-0.2, -0.15) is 0 Å². The Bertz CT molecular complexity index is 1240. The third-order valence-corrected chi connectivity index (χ3v) is 6.24. The van der Waals surface area contributed by atoms with Crippen LogP contribution in [0.2, 0.25) is 5.02 Å². The minimum Gasteiger partial charge on any atom is -0.465 e. The summed E-state index contributed by atoms with van der Waals surface area (Å²) in [7, 11) is -0.980. The van der Waals surface area contributed by atoms with Crippen LogP contribution in [0.15, 0.2) is 58.2 Å². The van der Waals surface area contributed by atoms with Crippen LogP contribution in [0.25, 0.3) is 5.69 Å². The van der Waals surface area contributed by atoms with Gasteiger partial charge in [0.2, 0.25) is 0 Å². The second-order valence-corrected chi connectivity index (χ2v) is 8.27. The molecular formula is C19H18ClN3O5S. The molecule has 29 heavy (non-hydrogen) atoms. The number of rotatable bonds is 5. The van der Waals surface area contributed by atoms with Gasteiger partial charge >= 0.3 is 5.97 Å². The van der Waals surface area contributed by atoms with Gasteiger partial charge in [0.25, 0.3) is 15.6 Å². The van der Waals surface area contributed by atoms with E-state index in [4.69, 9.17) is 11.6 Å². The van der Waals surface area contributed by atoms with Gasteiger partial charge in [0, 0.05) is 12.7 Å². The number of carbonyl (C=O) groups excluding carboxylic acids is 1. The molecule has 0 aliphatic rings. The molecular weight excluding hydrogens is 418 g/mol. The molecule has 0 saturated carbocycles. The molecule has 0 unspecified atom stereocenters. The number of aromatic nitrogens is 2. The number of nitrogens with zero attached hydrogens (tertiary/aromatic N) is 2. The first-order chi connectivity index (χ1) is 13.7. The molecule has 0 aliphatic carbocycles. The number of esters is 1. The first kappa shape index (κ1) is 20.7. The van der Waals surface area contributed by atoms with E-state index in [1.165, 1.54) is 54.3 Å². The summed E-state index contributed by atoms with van der Waals surface area (Å²) in [5.74, 6) is -0.572. The van der Waals surface area contributed by atoms with Crippen LogP contribution in [0, 0.1) is 6.92 Å². The number of hydrogen-bond donors (Lipinski definition) is 1. The van der Waals surface area contributed by atoms with Crippen LogP contribution in [0.5, 0.6) is 0 Å². The van der Waals surface area contributed by atoms with Gasteiger partial charge < -0.3 is 4.74 Å². The number of nitrogens with one attached hydrogen (secondary N) is 1. The van der Waals surface area contributed by atoms with E-state index >= 15 is 0 Å². The van der Waals surface area contributed by atoms with Crippen molar-refractivity contribution in [3.8, 4) is 5.69 Å². The normalized spacial score (nSPS) is 11.3. The van der Waals surface area contributed by atoms with E-state index < -0.39 is 16.0 Å². The number of methoxy groups -OCH3 is 1. The van der Waals surface area contributed by atoms with Crippen molar-refractivity contribution in [1.82, 2.24) is 9.36 Å². The number of carbonyl (C=O) groups is 1. The van der Waals surface area contributed by atoms with E-state index in [0.29, 0.717) is 11.4 Å². The highest BCUT2D eigenvalue weighted by atomic mass is 35.5. The van der Waals surface area contributed by atoms with Crippen molar-refractivity contribution >= 4 is 33.3 Å². The Morgan fingerprint density at radius 2 is 1.79 bits per heavy atom. The topological polar surface area (TPSA) is 99.4 Å². The van der Waals surface area contributed by atoms with Crippen molar-refractivity contribution in [1.29, 1.82) is 0 Å². The summed E-state index contributed by atoms with van der Waals surface area (Å²) >= 11 is 6.00. The van der Waals surface area contributed by atoms with E-state index in [0.717, 1.165) is 0 Å². The molecule has 0 amide bonds. The summed E-state index contributed by atoms with van der Waals surface area (Å²) in [4.78, 5) is 23.9. The average molecular weight is 436 g/mol. The standard InChI is InChI=1S/C19H18ClN3O5S/c1-12-17(20)18(24)23(22(12)2)15-7-9-16(10-8-15)29(26,27)21-14-6-4-5-13(11-14)19(25)28-3/h4-11,21H,1-3H3. The number of ether oxygens (including phenoxy) is 1. The fraction of sp³-hybridized carbons (Fsp3) is 0.158. The fourth-order valence-corrected chi connectivity index (χ4v) is 4.03. The largest absolute Gasteiger partial charge is 0.465 e. The molecule has 0 saturated heterocycles. The van der Waals surface area contributed by atoms with E-state index in [9.17, 15) is 18.0 Å². The lowest BCUT2D eigenvalue weighted by Crippen LogP contribution is -2.20. The van der Waals surface area contributed by atoms with Gasteiger partial charge in [0.1, 0.15) is 5.02 Å². The summed E-state index contributed by atoms with van der Waals surface area (Å²) < 4.78 is 35.3. The highest BCUT2D eigenvalue weighted by Gasteiger charge is 2.18. The molecule has 1 N–H and O–H groups in total. The van der Waals surface area contributed by atoms with Crippen LogP contribution < -0.4 is 10.3 Å². The van der Waals surface area contributed by atoms with Crippen LogP contribution in [-0.4, -0.2) is 30.9 Å². The third kappa shape index (κ3) is 3.92. The molecule has 3 rings (SSSR count). The maximum absolute atomic E-state index is 12.7. The van der Waals surface area contributed by atoms with Gasteiger partial charge in [-0.3, -0.25) is 14.2 Å². The van der Waals surface area contributed by atoms with Gasteiger partial charge in [-0.25, -0.2) is 17.9 Å². The predicted molar refractivity (Wildman–Crippen MR) is 109 cm³/mol. The monoisotopic (exact) mass is 435 g/mol. The number of sulfonamides is 1. The SMILES string of the molecule is COC(=O)c1cccc(NS(=O)(=O)c2ccc(-n3c(=O)c(Cl)c(C)n3C)cc2)c1. The van der Waals surface area contributed by atoms with E-state index in [-0.39, 0.29) is 26.7 Å². The van der Waals surface area contributed by atoms with Crippen LogP contribution in [0.1, 0.15) is 16.1 Å². The molecule has 2 aromatic carbocycles. The van der Waals surface area contributed by atoms with Gasteiger partial charge in [-0.15, -0.1) is 0 Å². The van der Waals surface area contributed by atoms with Crippen molar-refractivity contribution in [2.75, 3.05) is 11.8 Å². The number of anilines is 1. The van der Waals surface area contributed by atoms with Gasteiger partial charge in [0.15, 0.2) is 0 Å². The number of benzene rings is 2. The zero-order valence-electron chi connectivity index (χ0n) is 15.8. The maximum atomic E-state index is 12.7. The lowest BCUT2D eigenvalue weighted by Gasteiger charge is -2.11. The van der Waals surface area contributed by atoms with Gasteiger partial charge in [0.05, 0.1) is 29.0 Å². The van der Waals surface area contributed by atoms with Crippen molar-refractivity contribution in [3.05, 3.63) is 75.2 Å². The Morgan fingerprint density at radius 3 is 2.34 bits per heavy atom. The predicted octanol–water partition coefficient (Wildman–Crippen LogP) is 2.73. The number of halogens is 1. The Kier molecular flexibility index (Phi) is 5.54. The lowest BCUT2D eigenvalue weighted by molar-refractivity contribution is 0.0600. The second-order valence-electron chi connectivity index (χ2n) is 6.21. The van der Waals surface area contributed by atoms with Gasteiger partial charge in [-0.1, -0.05) is 17.7 Å². The maximum Gasteiger partial charge on any atom is 0.337 e. The molecule has 10 heteroatoms. The molecule has 0 fully saturated rings. The molecule has 0 atom stereocenters. The van der Waals surface area contributed by atoms with Crippen LogP contribution in [0.3, 0.4) is 0 Å². The second kappa shape index (κ2) is 7.76.